The third kappa shape index (κ3) is 7.01. The summed E-state index contributed by atoms with van der Waals surface area (Å²) < 4.78 is 0. The van der Waals surface area contributed by atoms with Crippen LogP contribution in [0.4, 0.5) is 16.2 Å². The fraction of sp³-hybridized carbons (Fsp3) is 0.438. The third-order valence-corrected chi connectivity index (χ3v) is 4.29. The van der Waals surface area contributed by atoms with Crippen LogP contribution in [0.2, 0.25) is 0 Å². The molecule has 1 N–H and O–H groups in total. The van der Waals surface area contributed by atoms with Gasteiger partial charge in [0.15, 0.2) is 0 Å². The molecular weight excluding hydrogens is 438 g/mol. The summed E-state index contributed by atoms with van der Waals surface area (Å²) >= 11 is 0. The Morgan fingerprint density at radius 1 is 0.852 bits per heavy atom. The lowest BCUT2D eigenvalue weighted by Crippen LogP contribution is -2.49. The number of benzene rings is 1. The molecule has 11 heteroatoms. The van der Waals surface area contributed by atoms with Crippen molar-refractivity contribution < 1.29 is 14.4 Å². The first-order valence-corrected chi connectivity index (χ1v) is 7.80. The Bertz CT molecular complexity index is 610. The van der Waals surface area contributed by atoms with Crippen LogP contribution in [0.5, 0.6) is 0 Å². The summed E-state index contributed by atoms with van der Waals surface area (Å²) in [4.78, 5) is 39.6. The van der Waals surface area contributed by atoms with E-state index in [1.54, 1.807) is 4.90 Å². The Morgan fingerprint density at radius 2 is 1.41 bits per heavy atom. The zero-order valence-electron chi connectivity index (χ0n) is 14.5. The SMILES string of the molecule is Cl.Cl.Cl.Cl.O=CCN1CCN(c2ccc(N3CCC(=O)NC3=O)cc2)CC1. The van der Waals surface area contributed by atoms with E-state index in [9.17, 15) is 14.4 Å². The number of halogens is 4. The van der Waals surface area contributed by atoms with Crippen molar-refractivity contribution in [3.63, 3.8) is 0 Å². The number of amides is 3. The number of piperazine rings is 1. The Hall–Kier alpha value is -1.25. The van der Waals surface area contributed by atoms with Gasteiger partial charge in [0.2, 0.25) is 5.91 Å². The number of hydrogen-bond donors (Lipinski definition) is 1. The van der Waals surface area contributed by atoms with E-state index in [-0.39, 0.29) is 61.6 Å². The Morgan fingerprint density at radius 3 is 1.93 bits per heavy atom. The lowest BCUT2D eigenvalue weighted by molar-refractivity contribution is -0.120. The number of hydrogen-bond acceptors (Lipinski definition) is 5. The Balaban J connectivity index is 0. The molecule has 27 heavy (non-hydrogen) atoms. The summed E-state index contributed by atoms with van der Waals surface area (Å²) in [5.74, 6) is -0.226. The van der Waals surface area contributed by atoms with Gasteiger partial charge in [-0.25, -0.2) is 4.79 Å². The van der Waals surface area contributed by atoms with E-state index in [0.717, 1.165) is 43.8 Å². The molecule has 3 rings (SSSR count). The van der Waals surface area contributed by atoms with E-state index in [1.165, 1.54) is 0 Å². The molecule has 2 saturated heterocycles. The molecule has 0 aromatic heterocycles. The van der Waals surface area contributed by atoms with Gasteiger partial charge in [0.25, 0.3) is 0 Å². The molecule has 1 aromatic carbocycles. The smallest absolute Gasteiger partial charge is 0.328 e. The molecule has 2 fully saturated rings. The van der Waals surface area contributed by atoms with Crippen LogP contribution in [0.15, 0.2) is 24.3 Å². The first kappa shape index (κ1) is 28.0. The fourth-order valence-electron chi connectivity index (χ4n) is 2.95. The van der Waals surface area contributed by atoms with Crippen LogP contribution in [0, 0.1) is 0 Å². The molecule has 2 aliphatic heterocycles. The molecule has 7 nitrogen and oxygen atoms in total. The van der Waals surface area contributed by atoms with Gasteiger partial charge >= 0.3 is 6.03 Å². The van der Waals surface area contributed by atoms with Gasteiger partial charge in [-0.3, -0.25) is 19.9 Å². The summed E-state index contributed by atoms with van der Waals surface area (Å²) in [6.07, 6.45) is 1.27. The quantitative estimate of drug-likeness (QED) is 0.695. The highest BCUT2D eigenvalue weighted by Crippen LogP contribution is 2.23. The van der Waals surface area contributed by atoms with Gasteiger partial charge in [-0.2, -0.15) is 0 Å². The first-order valence-electron chi connectivity index (χ1n) is 7.80. The number of carbonyl (C=O) groups excluding carboxylic acids is 3. The molecule has 0 bridgehead atoms. The number of rotatable bonds is 4. The van der Waals surface area contributed by atoms with E-state index in [1.807, 2.05) is 24.3 Å². The molecule has 154 valence electrons. The minimum atomic E-state index is -0.364. The molecule has 2 aliphatic rings. The summed E-state index contributed by atoms with van der Waals surface area (Å²) in [7, 11) is 0. The number of nitrogens with one attached hydrogen (secondary N) is 1. The lowest BCUT2D eigenvalue weighted by atomic mass is 10.2. The maximum atomic E-state index is 11.8. The van der Waals surface area contributed by atoms with E-state index in [2.05, 4.69) is 15.1 Å². The van der Waals surface area contributed by atoms with Crippen LogP contribution in [0.3, 0.4) is 0 Å². The van der Waals surface area contributed by atoms with Crippen LogP contribution in [-0.2, 0) is 9.59 Å². The number of urea groups is 1. The van der Waals surface area contributed by atoms with Crippen LogP contribution in [-0.4, -0.2) is 62.4 Å². The molecule has 2 heterocycles. The van der Waals surface area contributed by atoms with Gasteiger partial charge in [0, 0.05) is 50.5 Å². The van der Waals surface area contributed by atoms with Crippen molar-refractivity contribution in [3.8, 4) is 0 Å². The summed E-state index contributed by atoms with van der Waals surface area (Å²) in [6, 6.07) is 7.44. The number of imide groups is 1. The van der Waals surface area contributed by atoms with Crippen molar-refractivity contribution in [3.05, 3.63) is 24.3 Å². The average molecular weight is 462 g/mol. The van der Waals surface area contributed by atoms with E-state index in [0.29, 0.717) is 19.5 Å². The molecule has 3 amide bonds. The third-order valence-electron chi connectivity index (χ3n) is 4.29. The van der Waals surface area contributed by atoms with Gasteiger partial charge in [-0.1, -0.05) is 0 Å². The van der Waals surface area contributed by atoms with Crippen molar-refractivity contribution in [2.24, 2.45) is 0 Å². The van der Waals surface area contributed by atoms with Crippen molar-refractivity contribution in [1.29, 1.82) is 0 Å². The highest BCUT2D eigenvalue weighted by atomic mass is 35.5. The summed E-state index contributed by atoms with van der Waals surface area (Å²) in [6.45, 7) is 4.41. The van der Waals surface area contributed by atoms with E-state index >= 15 is 0 Å². The van der Waals surface area contributed by atoms with E-state index < -0.39 is 0 Å². The molecule has 0 radical (unpaired) electrons. The standard InChI is InChI=1S/C16H20N4O3.4ClH/c21-12-11-18-7-9-19(10-8-18)13-1-3-14(4-2-13)20-6-5-15(22)17-16(20)23;;;;/h1-4,12H,5-11H2,(H,17,22,23);4*1H. The van der Waals surface area contributed by atoms with Gasteiger partial charge in [0.05, 0.1) is 6.54 Å². The van der Waals surface area contributed by atoms with Gasteiger partial charge < -0.3 is 9.69 Å². The second kappa shape index (κ2) is 13.0. The second-order valence-corrected chi connectivity index (χ2v) is 5.73. The predicted octanol–water partition coefficient (Wildman–Crippen LogP) is 2.14. The average Bonchev–Trinajstić information content (AvgIpc) is 2.56. The normalized spacial score (nSPS) is 16.7. The van der Waals surface area contributed by atoms with Crippen molar-refractivity contribution in [2.75, 3.05) is 49.1 Å². The molecule has 0 saturated carbocycles. The number of nitrogens with zero attached hydrogens (tertiary/aromatic N) is 3. The zero-order chi connectivity index (χ0) is 16.2. The van der Waals surface area contributed by atoms with Crippen molar-refractivity contribution >= 4 is 79.2 Å². The fourth-order valence-corrected chi connectivity index (χ4v) is 2.95. The minimum Gasteiger partial charge on any atom is -0.369 e. The molecule has 1 aromatic rings. The number of aldehydes is 1. The maximum absolute atomic E-state index is 11.8. The van der Waals surface area contributed by atoms with Gasteiger partial charge in [-0.05, 0) is 24.3 Å². The molecular formula is C16H24Cl4N4O3. The van der Waals surface area contributed by atoms with E-state index in [4.69, 9.17) is 0 Å². The van der Waals surface area contributed by atoms with Crippen LogP contribution >= 0.6 is 49.6 Å². The predicted molar refractivity (Wildman–Crippen MR) is 116 cm³/mol. The number of carbonyl (C=O) groups is 3. The maximum Gasteiger partial charge on any atom is 0.328 e. The summed E-state index contributed by atoms with van der Waals surface area (Å²) in [5.41, 5.74) is 1.89. The Labute approximate surface area is 183 Å². The van der Waals surface area contributed by atoms with Crippen LogP contribution < -0.4 is 15.1 Å². The molecule has 0 aliphatic carbocycles. The lowest BCUT2D eigenvalue weighted by Gasteiger charge is -2.35. The molecule has 0 atom stereocenters. The number of anilines is 2. The zero-order valence-corrected chi connectivity index (χ0v) is 17.8. The monoisotopic (exact) mass is 460 g/mol. The summed E-state index contributed by atoms with van der Waals surface area (Å²) in [5, 5.41) is 2.33. The molecule has 0 spiro atoms. The van der Waals surface area contributed by atoms with Gasteiger partial charge in [0.1, 0.15) is 6.29 Å². The topological polar surface area (TPSA) is 73.0 Å². The molecule has 0 unspecified atom stereocenters. The second-order valence-electron chi connectivity index (χ2n) is 5.73. The van der Waals surface area contributed by atoms with Crippen LogP contribution in [0.25, 0.3) is 0 Å². The highest BCUT2D eigenvalue weighted by molar-refractivity contribution is 6.05. The van der Waals surface area contributed by atoms with Crippen molar-refractivity contribution in [2.45, 2.75) is 6.42 Å². The highest BCUT2D eigenvalue weighted by Gasteiger charge is 2.24. The van der Waals surface area contributed by atoms with Crippen LogP contribution in [0.1, 0.15) is 6.42 Å². The minimum absolute atomic E-state index is 0. The van der Waals surface area contributed by atoms with Crippen molar-refractivity contribution in [1.82, 2.24) is 10.2 Å². The largest absolute Gasteiger partial charge is 0.369 e. The van der Waals surface area contributed by atoms with Gasteiger partial charge in [-0.15, -0.1) is 49.6 Å². The Kier molecular flexibility index (Phi) is 13.5. The first-order chi connectivity index (χ1) is 11.2.